The number of hydrogen-bond acceptors (Lipinski definition) is 4. The number of nitrogens with one attached hydrogen (secondary N) is 1. The Hall–Kier alpha value is -0.600. The Kier molecular flexibility index (Phi) is 11.9. The van der Waals surface area contributed by atoms with Crippen molar-refractivity contribution >= 4 is 0 Å². The van der Waals surface area contributed by atoms with E-state index in [9.17, 15) is 0 Å². The molecular weight excluding hydrogens is 182 g/mol. The van der Waals surface area contributed by atoms with Crippen LogP contribution in [0.5, 0.6) is 0 Å². The Morgan fingerprint density at radius 1 is 1.00 bits per heavy atom. The highest BCUT2D eigenvalue weighted by Crippen LogP contribution is 1.80. The average Bonchev–Trinajstić information content (AvgIpc) is 2.21. The van der Waals surface area contributed by atoms with E-state index in [2.05, 4.69) is 11.2 Å². The van der Waals surface area contributed by atoms with Crippen LogP contribution >= 0.6 is 0 Å². The molecule has 4 heteroatoms. The van der Waals surface area contributed by atoms with E-state index in [1.54, 1.807) is 0 Å². The molecule has 0 fully saturated rings. The third kappa shape index (κ3) is 11.4. The fourth-order valence-electron chi connectivity index (χ4n) is 0.745. The molecule has 0 saturated carbocycles. The molecule has 0 unspecified atom stereocenters. The van der Waals surface area contributed by atoms with Gasteiger partial charge in [-0.25, -0.2) is 0 Å². The zero-order chi connectivity index (χ0) is 10.5. The van der Waals surface area contributed by atoms with Crippen LogP contribution in [0.25, 0.3) is 0 Å². The summed E-state index contributed by atoms with van der Waals surface area (Å²) in [5.74, 6) is 2.38. The maximum Gasteiger partial charge on any atom is 0.107 e. The molecule has 0 heterocycles. The van der Waals surface area contributed by atoms with E-state index in [0.29, 0.717) is 39.6 Å². The van der Waals surface area contributed by atoms with Crippen molar-refractivity contribution in [1.82, 2.24) is 5.32 Å². The van der Waals surface area contributed by atoms with Gasteiger partial charge in [-0.05, 0) is 7.05 Å². The Balaban J connectivity index is 2.82. The van der Waals surface area contributed by atoms with Crippen LogP contribution in [-0.4, -0.2) is 53.2 Å². The number of rotatable bonds is 10. The minimum Gasteiger partial charge on any atom is -0.378 e. The third-order valence-corrected chi connectivity index (χ3v) is 1.43. The molecule has 0 atom stereocenters. The minimum absolute atomic E-state index is 0.349. The van der Waals surface area contributed by atoms with Gasteiger partial charge in [0.1, 0.15) is 6.61 Å². The van der Waals surface area contributed by atoms with Gasteiger partial charge >= 0.3 is 0 Å². The zero-order valence-corrected chi connectivity index (χ0v) is 8.75. The molecule has 0 saturated heterocycles. The molecule has 0 radical (unpaired) electrons. The minimum atomic E-state index is 0.349. The summed E-state index contributed by atoms with van der Waals surface area (Å²) in [4.78, 5) is 0. The standard InChI is InChI=1S/C10H19NO3/c1-3-5-12-7-9-14-10-8-13-6-4-11-2/h1,11H,4-10H2,2H3. The van der Waals surface area contributed by atoms with Gasteiger partial charge in [-0.3, -0.25) is 0 Å². The first-order valence-electron chi connectivity index (χ1n) is 4.73. The topological polar surface area (TPSA) is 39.7 Å². The monoisotopic (exact) mass is 201 g/mol. The fraction of sp³-hybridized carbons (Fsp3) is 0.800. The summed E-state index contributed by atoms with van der Waals surface area (Å²) in [6.07, 6.45) is 5.00. The summed E-state index contributed by atoms with van der Waals surface area (Å²) >= 11 is 0. The lowest BCUT2D eigenvalue weighted by atomic mass is 10.6. The van der Waals surface area contributed by atoms with Gasteiger partial charge in [0.25, 0.3) is 0 Å². The second kappa shape index (κ2) is 12.4. The molecule has 14 heavy (non-hydrogen) atoms. The maximum atomic E-state index is 5.24. The maximum absolute atomic E-state index is 5.24. The van der Waals surface area contributed by atoms with Gasteiger partial charge in [-0.15, -0.1) is 6.42 Å². The zero-order valence-electron chi connectivity index (χ0n) is 8.75. The van der Waals surface area contributed by atoms with Crippen molar-refractivity contribution < 1.29 is 14.2 Å². The molecule has 4 nitrogen and oxygen atoms in total. The van der Waals surface area contributed by atoms with E-state index in [1.165, 1.54) is 0 Å². The molecule has 82 valence electrons. The molecule has 0 aliphatic heterocycles. The number of terminal acetylenes is 1. The average molecular weight is 201 g/mol. The molecule has 0 rings (SSSR count). The number of likely N-dealkylation sites (N-methyl/N-ethyl adjacent to an activating group) is 1. The summed E-state index contributed by atoms with van der Waals surface area (Å²) in [5.41, 5.74) is 0. The fourth-order valence-corrected chi connectivity index (χ4v) is 0.745. The van der Waals surface area contributed by atoms with Crippen molar-refractivity contribution in [2.24, 2.45) is 0 Å². The number of hydrogen-bond donors (Lipinski definition) is 1. The normalized spacial score (nSPS) is 10.0. The molecular formula is C10H19NO3. The van der Waals surface area contributed by atoms with E-state index in [4.69, 9.17) is 20.6 Å². The van der Waals surface area contributed by atoms with E-state index in [-0.39, 0.29) is 0 Å². The van der Waals surface area contributed by atoms with E-state index in [1.807, 2.05) is 7.05 Å². The van der Waals surface area contributed by atoms with Crippen molar-refractivity contribution in [1.29, 1.82) is 0 Å². The first kappa shape index (κ1) is 13.4. The molecule has 0 aliphatic rings. The summed E-state index contributed by atoms with van der Waals surface area (Å²) < 4.78 is 15.5. The molecule has 0 spiro atoms. The molecule has 0 bridgehead atoms. The van der Waals surface area contributed by atoms with Gasteiger partial charge in [0, 0.05) is 6.54 Å². The third-order valence-electron chi connectivity index (χ3n) is 1.43. The first-order valence-corrected chi connectivity index (χ1v) is 4.73. The predicted molar refractivity (Wildman–Crippen MR) is 55.2 cm³/mol. The lowest BCUT2D eigenvalue weighted by Gasteiger charge is -2.05. The van der Waals surface area contributed by atoms with Gasteiger partial charge in [-0.2, -0.15) is 0 Å². The second-order valence-electron chi connectivity index (χ2n) is 2.59. The first-order chi connectivity index (χ1) is 6.91. The molecule has 0 aromatic heterocycles. The molecule has 0 aromatic carbocycles. The highest BCUT2D eigenvalue weighted by Gasteiger charge is 1.89. The molecule has 0 amide bonds. The van der Waals surface area contributed by atoms with Gasteiger partial charge < -0.3 is 19.5 Å². The van der Waals surface area contributed by atoms with Gasteiger partial charge in [0.2, 0.25) is 0 Å². The van der Waals surface area contributed by atoms with Crippen molar-refractivity contribution in [3.8, 4) is 12.3 Å². The quantitative estimate of drug-likeness (QED) is 0.395. The molecule has 0 aromatic rings. The van der Waals surface area contributed by atoms with E-state index in [0.717, 1.165) is 6.54 Å². The van der Waals surface area contributed by atoms with E-state index < -0.39 is 0 Å². The highest BCUT2D eigenvalue weighted by atomic mass is 16.5. The van der Waals surface area contributed by atoms with Crippen LogP contribution in [-0.2, 0) is 14.2 Å². The SMILES string of the molecule is C#CCOCCOCCOCCNC. The Labute approximate surface area is 85.9 Å². The van der Waals surface area contributed by atoms with Crippen LogP contribution in [0.1, 0.15) is 0 Å². The summed E-state index contributed by atoms with van der Waals surface area (Å²) in [7, 11) is 1.89. The van der Waals surface area contributed by atoms with Crippen molar-refractivity contribution in [3.05, 3.63) is 0 Å². The Bertz CT molecular complexity index is 145. The van der Waals surface area contributed by atoms with Crippen LogP contribution in [0.4, 0.5) is 0 Å². The van der Waals surface area contributed by atoms with Crippen molar-refractivity contribution in [3.63, 3.8) is 0 Å². The van der Waals surface area contributed by atoms with Crippen LogP contribution < -0.4 is 5.32 Å². The molecule has 0 aliphatic carbocycles. The van der Waals surface area contributed by atoms with Gasteiger partial charge in [-0.1, -0.05) is 5.92 Å². The van der Waals surface area contributed by atoms with Crippen LogP contribution in [0.15, 0.2) is 0 Å². The lowest BCUT2D eigenvalue weighted by Crippen LogP contribution is -2.16. The Morgan fingerprint density at radius 2 is 1.57 bits per heavy atom. The van der Waals surface area contributed by atoms with Crippen LogP contribution in [0, 0.1) is 12.3 Å². The second-order valence-corrected chi connectivity index (χ2v) is 2.59. The predicted octanol–water partition coefficient (Wildman–Crippen LogP) is -0.111. The van der Waals surface area contributed by atoms with Crippen LogP contribution in [0.3, 0.4) is 0 Å². The smallest absolute Gasteiger partial charge is 0.107 e. The van der Waals surface area contributed by atoms with Crippen LogP contribution in [0.2, 0.25) is 0 Å². The summed E-state index contributed by atoms with van der Waals surface area (Å²) in [6, 6.07) is 0. The summed E-state index contributed by atoms with van der Waals surface area (Å²) in [6.45, 7) is 4.26. The van der Waals surface area contributed by atoms with Gasteiger partial charge in [0.05, 0.1) is 33.0 Å². The van der Waals surface area contributed by atoms with Crippen molar-refractivity contribution in [2.75, 3.05) is 53.2 Å². The Morgan fingerprint density at radius 3 is 2.14 bits per heavy atom. The molecule has 1 N–H and O–H groups in total. The van der Waals surface area contributed by atoms with Gasteiger partial charge in [0.15, 0.2) is 0 Å². The van der Waals surface area contributed by atoms with E-state index >= 15 is 0 Å². The largest absolute Gasteiger partial charge is 0.378 e. The van der Waals surface area contributed by atoms with Crippen molar-refractivity contribution in [2.45, 2.75) is 0 Å². The lowest BCUT2D eigenvalue weighted by molar-refractivity contribution is 0.0212. The highest BCUT2D eigenvalue weighted by molar-refractivity contribution is 4.82. The number of ether oxygens (including phenoxy) is 3. The summed E-state index contributed by atoms with van der Waals surface area (Å²) in [5, 5.41) is 2.99.